The van der Waals surface area contributed by atoms with Gasteiger partial charge in [0.05, 0.1) is 0 Å². The summed E-state index contributed by atoms with van der Waals surface area (Å²) < 4.78 is 0. The number of carbonyl (C=O) groups is 1. The third kappa shape index (κ3) is 2.18. The van der Waals surface area contributed by atoms with Gasteiger partial charge >= 0.3 is 0 Å². The second kappa shape index (κ2) is 4.87. The fourth-order valence-electron chi connectivity index (χ4n) is 1.78. The maximum atomic E-state index is 12.3. The second-order valence-corrected chi connectivity index (χ2v) is 4.06. The average Bonchev–Trinajstić information content (AvgIpc) is 2.38. The van der Waals surface area contributed by atoms with Gasteiger partial charge in [-0.2, -0.15) is 0 Å². The molecule has 92 valence electrons. The van der Waals surface area contributed by atoms with Crippen LogP contribution in [0.15, 0.2) is 47.4 Å². The van der Waals surface area contributed by atoms with Gasteiger partial charge in [0.2, 0.25) is 0 Å². The van der Waals surface area contributed by atoms with Crippen molar-refractivity contribution in [2.45, 2.75) is 6.92 Å². The molecular formula is C14H14N2O2. The molecular weight excluding hydrogens is 228 g/mol. The van der Waals surface area contributed by atoms with E-state index in [9.17, 15) is 9.59 Å². The monoisotopic (exact) mass is 242 g/mol. The van der Waals surface area contributed by atoms with Crippen LogP contribution in [0.5, 0.6) is 0 Å². The minimum absolute atomic E-state index is 0.184. The Hall–Kier alpha value is -2.36. The summed E-state index contributed by atoms with van der Waals surface area (Å²) in [5.41, 5.74) is 1.25. The van der Waals surface area contributed by atoms with E-state index < -0.39 is 0 Å². The number of nitrogens with one attached hydrogen (secondary N) is 1. The molecule has 1 N–H and O–H groups in total. The zero-order valence-electron chi connectivity index (χ0n) is 10.3. The summed E-state index contributed by atoms with van der Waals surface area (Å²) in [6, 6.07) is 10.9. The van der Waals surface area contributed by atoms with Crippen LogP contribution in [0.3, 0.4) is 0 Å². The molecule has 0 atom stereocenters. The first-order valence-electron chi connectivity index (χ1n) is 5.62. The van der Waals surface area contributed by atoms with Crippen LogP contribution in [0.25, 0.3) is 0 Å². The van der Waals surface area contributed by atoms with Gasteiger partial charge in [0.25, 0.3) is 11.5 Å². The summed E-state index contributed by atoms with van der Waals surface area (Å²) in [6.45, 7) is 1.75. The van der Waals surface area contributed by atoms with E-state index in [-0.39, 0.29) is 17.0 Å². The van der Waals surface area contributed by atoms with Crippen LogP contribution < -0.4 is 10.5 Å². The van der Waals surface area contributed by atoms with Crippen LogP contribution in [-0.4, -0.2) is 17.9 Å². The Morgan fingerprint density at radius 3 is 2.44 bits per heavy atom. The van der Waals surface area contributed by atoms with Crippen LogP contribution in [-0.2, 0) is 0 Å². The Morgan fingerprint density at radius 2 is 1.83 bits per heavy atom. The number of benzene rings is 1. The molecule has 4 heteroatoms. The van der Waals surface area contributed by atoms with Crippen molar-refractivity contribution in [3.63, 3.8) is 0 Å². The van der Waals surface area contributed by atoms with Crippen molar-refractivity contribution in [1.82, 2.24) is 4.98 Å². The van der Waals surface area contributed by atoms with Gasteiger partial charge in [0.15, 0.2) is 0 Å². The number of hydrogen-bond acceptors (Lipinski definition) is 2. The first kappa shape index (κ1) is 12.1. The third-order valence-electron chi connectivity index (χ3n) is 2.83. The van der Waals surface area contributed by atoms with Gasteiger partial charge in [-0.1, -0.05) is 18.2 Å². The molecule has 0 unspecified atom stereocenters. The first-order chi connectivity index (χ1) is 8.61. The summed E-state index contributed by atoms with van der Waals surface area (Å²) in [5, 5.41) is 0. The number of hydrogen-bond donors (Lipinski definition) is 1. The SMILES string of the molecule is Cc1cc[nH]c(=O)c1C(=O)N(C)c1ccccc1. The number of H-pyrrole nitrogens is 1. The molecule has 2 rings (SSSR count). The Kier molecular flexibility index (Phi) is 3.28. The number of aromatic nitrogens is 1. The Labute approximate surface area is 105 Å². The van der Waals surface area contributed by atoms with Gasteiger partial charge < -0.3 is 9.88 Å². The van der Waals surface area contributed by atoms with Gasteiger partial charge in [-0.25, -0.2) is 0 Å². The number of pyridine rings is 1. The quantitative estimate of drug-likeness (QED) is 0.875. The van der Waals surface area contributed by atoms with E-state index >= 15 is 0 Å². The molecule has 0 radical (unpaired) electrons. The minimum Gasteiger partial charge on any atom is -0.328 e. The number of anilines is 1. The molecule has 0 saturated heterocycles. The van der Waals surface area contributed by atoms with Crippen LogP contribution in [0.1, 0.15) is 15.9 Å². The fraction of sp³-hybridized carbons (Fsp3) is 0.143. The van der Waals surface area contributed by atoms with E-state index in [0.717, 1.165) is 5.69 Å². The van der Waals surface area contributed by atoms with E-state index in [0.29, 0.717) is 5.56 Å². The molecule has 0 fully saturated rings. The van der Waals surface area contributed by atoms with Gasteiger partial charge in [0.1, 0.15) is 5.56 Å². The zero-order chi connectivity index (χ0) is 13.1. The van der Waals surface area contributed by atoms with Crippen LogP contribution in [0, 0.1) is 6.92 Å². The summed E-state index contributed by atoms with van der Waals surface area (Å²) in [7, 11) is 1.66. The van der Waals surface area contributed by atoms with Crippen molar-refractivity contribution in [2.24, 2.45) is 0 Å². The van der Waals surface area contributed by atoms with E-state index in [2.05, 4.69) is 4.98 Å². The molecule has 0 bridgehead atoms. The summed E-state index contributed by atoms with van der Waals surface area (Å²) in [4.78, 5) is 28.0. The van der Waals surface area contributed by atoms with E-state index in [1.807, 2.05) is 30.3 Å². The van der Waals surface area contributed by atoms with Gasteiger partial charge in [-0.3, -0.25) is 9.59 Å². The minimum atomic E-state index is -0.359. The average molecular weight is 242 g/mol. The number of carbonyl (C=O) groups excluding carboxylic acids is 1. The summed E-state index contributed by atoms with van der Waals surface area (Å²) >= 11 is 0. The molecule has 0 spiro atoms. The standard InChI is InChI=1S/C14H14N2O2/c1-10-8-9-15-13(17)12(10)14(18)16(2)11-6-4-3-5-7-11/h3-9H,1-2H3,(H,15,17). The molecule has 0 aliphatic carbocycles. The molecule has 2 aromatic rings. The lowest BCUT2D eigenvalue weighted by Gasteiger charge is -2.17. The van der Waals surface area contributed by atoms with Gasteiger partial charge in [0, 0.05) is 18.9 Å². The lowest BCUT2D eigenvalue weighted by molar-refractivity contribution is 0.0991. The Morgan fingerprint density at radius 1 is 1.17 bits per heavy atom. The predicted molar refractivity (Wildman–Crippen MR) is 71.0 cm³/mol. The predicted octanol–water partition coefficient (Wildman–Crippen LogP) is 1.96. The van der Waals surface area contributed by atoms with Gasteiger partial charge in [-0.05, 0) is 30.7 Å². The summed E-state index contributed by atoms with van der Waals surface area (Å²) in [6.07, 6.45) is 1.54. The number of nitrogens with zero attached hydrogens (tertiary/aromatic N) is 1. The molecule has 0 aliphatic heterocycles. The molecule has 1 heterocycles. The topological polar surface area (TPSA) is 53.2 Å². The number of amides is 1. The maximum Gasteiger partial charge on any atom is 0.263 e. The highest BCUT2D eigenvalue weighted by molar-refractivity contribution is 6.06. The Balaban J connectivity index is 2.41. The number of aryl methyl sites for hydroxylation is 1. The van der Waals surface area contributed by atoms with Crippen LogP contribution in [0.2, 0.25) is 0 Å². The normalized spacial score (nSPS) is 10.1. The molecule has 1 aromatic heterocycles. The van der Waals surface area contributed by atoms with Crippen molar-refractivity contribution in [2.75, 3.05) is 11.9 Å². The second-order valence-electron chi connectivity index (χ2n) is 4.06. The van der Waals surface area contributed by atoms with E-state index in [1.54, 1.807) is 20.0 Å². The van der Waals surface area contributed by atoms with Crippen LogP contribution >= 0.6 is 0 Å². The fourth-order valence-corrected chi connectivity index (χ4v) is 1.78. The lowest BCUT2D eigenvalue weighted by atomic mass is 10.1. The van der Waals surface area contributed by atoms with Crippen molar-refractivity contribution >= 4 is 11.6 Å². The zero-order valence-corrected chi connectivity index (χ0v) is 10.3. The molecule has 4 nitrogen and oxygen atoms in total. The lowest BCUT2D eigenvalue weighted by Crippen LogP contribution is -2.32. The largest absolute Gasteiger partial charge is 0.328 e. The van der Waals surface area contributed by atoms with Crippen molar-refractivity contribution in [3.05, 3.63) is 64.1 Å². The maximum absolute atomic E-state index is 12.3. The first-order valence-corrected chi connectivity index (χ1v) is 5.62. The van der Waals surface area contributed by atoms with Crippen LogP contribution in [0.4, 0.5) is 5.69 Å². The van der Waals surface area contributed by atoms with Crippen molar-refractivity contribution in [1.29, 1.82) is 0 Å². The molecule has 1 amide bonds. The number of aromatic amines is 1. The van der Waals surface area contributed by atoms with E-state index in [4.69, 9.17) is 0 Å². The smallest absolute Gasteiger partial charge is 0.263 e. The number of rotatable bonds is 2. The number of para-hydroxylation sites is 1. The Bertz CT molecular complexity index is 617. The highest BCUT2D eigenvalue weighted by Gasteiger charge is 2.18. The summed E-state index contributed by atoms with van der Waals surface area (Å²) in [5.74, 6) is -0.305. The molecule has 0 aliphatic rings. The highest BCUT2D eigenvalue weighted by Crippen LogP contribution is 2.14. The van der Waals surface area contributed by atoms with Crippen molar-refractivity contribution < 1.29 is 4.79 Å². The third-order valence-corrected chi connectivity index (χ3v) is 2.83. The van der Waals surface area contributed by atoms with Gasteiger partial charge in [-0.15, -0.1) is 0 Å². The van der Waals surface area contributed by atoms with E-state index in [1.165, 1.54) is 11.1 Å². The molecule has 1 aromatic carbocycles. The molecule has 0 saturated carbocycles. The molecule has 18 heavy (non-hydrogen) atoms. The highest BCUT2D eigenvalue weighted by atomic mass is 16.2. The van der Waals surface area contributed by atoms with Crippen molar-refractivity contribution in [3.8, 4) is 0 Å².